The van der Waals surface area contributed by atoms with E-state index in [9.17, 15) is 13.6 Å². The third kappa shape index (κ3) is 2.71. The Morgan fingerprint density at radius 1 is 1.56 bits per heavy atom. The molecule has 0 aliphatic rings. The molecule has 0 aliphatic heterocycles. The van der Waals surface area contributed by atoms with Gasteiger partial charge in [-0.25, -0.2) is 0 Å². The van der Waals surface area contributed by atoms with Gasteiger partial charge in [0.1, 0.15) is 0 Å². The Morgan fingerprint density at radius 3 is 2.75 bits per heavy atom. The van der Waals surface area contributed by atoms with E-state index in [0.29, 0.717) is 23.3 Å². The average molecular weight is 232 g/mol. The Morgan fingerprint density at radius 2 is 2.25 bits per heavy atom. The van der Waals surface area contributed by atoms with Crippen LogP contribution in [0.4, 0.5) is 14.5 Å². The van der Waals surface area contributed by atoms with Crippen molar-refractivity contribution in [3.63, 3.8) is 0 Å². The minimum absolute atomic E-state index is 0.0611. The number of hydrogen-bond acceptors (Lipinski definition) is 3. The van der Waals surface area contributed by atoms with Crippen LogP contribution in [-0.2, 0) is 0 Å². The van der Waals surface area contributed by atoms with Gasteiger partial charge in [0.2, 0.25) is 0 Å². The standard InChI is InChI=1S/C10H14F2N2O2/c1-3-4-16-8-5-7(13-2)6-14(9(8)15)10(11)12/h5-6,10,13H,3-4H2,1-2H3. The Kier molecular flexibility index (Phi) is 4.28. The van der Waals surface area contributed by atoms with E-state index < -0.39 is 12.1 Å². The summed E-state index contributed by atoms with van der Waals surface area (Å²) >= 11 is 0. The summed E-state index contributed by atoms with van der Waals surface area (Å²) in [4.78, 5) is 11.5. The lowest BCUT2D eigenvalue weighted by atomic mass is 10.4. The van der Waals surface area contributed by atoms with Crippen molar-refractivity contribution in [2.24, 2.45) is 0 Å². The third-order valence-corrected chi connectivity index (χ3v) is 1.97. The molecule has 1 heterocycles. The number of alkyl halides is 2. The van der Waals surface area contributed by atoms with Gasteiger partial charge in [0.05, 0.1) is 12.3 Å². The molecule has 1 aromatic heterocycles. The fraction of sp³-hybridized carbons (Fsp3) is 0.500. The molecule has 1 rings (SSSR count). The van der Waals surface area contributed by atoms with E-state index in [1.807, 2.05) is 6.92 Å². The molecule has 16 heavy (non-hydrogen) atoms. The van der Waals surface area contributed by atoms with Crippen LogP contribution in [0.3, 0.4) is 0 Å². The van der Waals surface area contributed by atoms with Gasteiger partial charge in [0.25, 0.3) is 5.56 Å². The molecule has 0 atom stereocenters. The molecule has 6 heteroatoms. The molecule has 0 saturated heterocycles. The first-order valence-electron chi connectivity index (χ1n) is 4.95. The maximum absolute atomic E-state index is 12.5. The summed E-state index contributed by atoms with van der Waals surface area (Å²) in [5.41, 5.74) is -0.409. The van der Waals surface area contributed by atoms with Gasteiger partial charge in [0, 0.05) is 19.3 Å². The van der Waals surface area contributed by atoms with Gasteiger partial charge < -0.3 is 10.1 Å². The van der Waals surface area contributed by atoms with Crippen LogP contribution in [0.5, 0.6) is 5.75 Å². The quantitative estimate of drug-likeness (QED) is 0.845. The summed E-state index contributed by atoms with van der Waals surface area (Å²) in [5, 5.41) is 2.69. The Hall–Kier alpha value is -1.59. The molecular weight excluding hydrogens is 218 g/mol. The van der Waals surface area contributed by atoms with Crippen molar-refractivity contribution in [1.29, 1.82) is 0 Å². The Labute approximate surface area is 91.8 Å². The smallest absolute Gasteiger partial charge is 0.321 e. The van der Waals surface area contributed by atoms with E-state index in [2.05, 4.69) is 5.32 Å². The van der Waals surface area contributed by atoms with Crippen LogP contribution in [0.1, 0.15) is 19.9 Å². The Balaban J connectivity index is 3.15. The molecule has 0 radical (unpaired) electrons. The lowest BCUT2D eigenvalue weighted by molar-refractivity contribution is 0.0652. The second-order valence-electron chi connectivity index (χ2n) is 3.18. The first kappa shape index (κ1) is 12.5. The van der Waals surface area contributed by atoms with E-state index in [4.69, 9.17) is 4.74 Å². The fourth-order valence-corrected chi connectivity index (χ4v) is 1.17. The zero-order chi connectivity index (χ0) is 12.1. The normalized spacial score (nSPS) is 10.6. The van der Waals surface area contributed by atoms with E-state index in [0.717, 1.165) is 6.20 Å². The van der Waals surface area contributed by atoms with Crippen molar-refractivity contribution in [1.82, 2.24) is 4.57 Å². The first-order valence-corrected chi connectivity index (χ1v) is 4.95. The number of aromatic nitrogens is 1. The predicted molar refractivity (Wildman–Crippen MR) is 57.3 cm³/mol. The molecule has 0 aliphatic carbocycles. The highest BCUT2D eigenvalue weighted by molar-refractivity contribution is 5.45. The molecule has 0 saturated carbocycles. The summed E-state index contributed by atoms with van der Waals surface area (Å²) in [6, 6.07) is 1.41. The summed E-state index contributed by atoms with van der Waals surface area (Å²) < 4.78 is 30.5. The number of rotatable bonds is 5. The molecule has 0 amide bonds. The lowest BCUT2D eigenvalue weighted by Crippen LogP contribution is -2.23. The largest absolute Gasteiger partial charge is 0.488 e. The van der Waals surface area contributed by atoms with Crippen LogP contribution in [0, 0.1) is 0 Å². The number of hydrogen-bond donors (Lipinski definition) is 1. The second kappa shape index (κ2) is 5.48. The number of nitrogens with one attached hydrogen (secondary N) is 1. The van der Waals surface area contributed by atoms with E-state index >= 15 is 0 Å². The monoisotopic (exact) mass is 232 g/mol. The minimum Gasteiger partial charge on any atom is -0.488 e. The van der Waals surface area contributed by atoms with Crippen molar-refractivity contribution in [3.8, 4) is 5.75 Å². The fourth-order valence-electron chi connectivity index (χ4n) is 1.17. The average Bonchev–Trinajstić information content (AvgIpc) is 2.27. The Bertz CT molecular complexity index is 404. The minimum atomic E-state index is -2.87. The molecule has 1 aromatic rings. The molecule has 4 nitrogen and oxygen atoms in total. The van der Waals surface area contributed by atoms with Crippen LogP contribution in [0.2, 0.25) is 0 Å². The van der Waals surface area contributed by atoms with Crippen molar-refractivity contribution in [2.75, 3.05) is 19.0 Å². The van der Waals surface area contributed by atoms with Gasteiger partial charge >= 0.3 is 6.55 Å². The summed E-state index contributed by atoms with van der Waals surface area (Å²) in [5.74, 6) is -0.0611. The van der Waals surface area contributed by atoms with Gasteiger partial charge in [-0.1, -0.05) is 6.92 Å². The maximum atomic E-state index is 12.5. The van der Waals surface area contributed by atoms with Crippen LogP contribution in [0.25, 0.3) is 0 Å². The van der Waals surface area contributed by atoms with Gasteiger partial charge in [-0.15, -0.1) is 0 Å². The second-order valence-corrected chi connectivity index (χ2v) is 3.18. The molecule has 0 fully saturated rings. The number of ether oxygens (including phenoxy) is 1. The topological polar surface area (TPSA) is 43.3 Å². The van der Waals surface area contributed by atoms with E-state index in [-0.39, 0.29) is 5.75 Å². The highest BCUT2D eigenvalue weighted by Crippen LogP contribution is 2.16. The van der Waals surface area contributed by atoms with Gasteiger partial charge in [0.15, 0.2) is 5.75 Å². The molecule has 90 valence electrons. The van der Waals surface area contributed by atoms with Gasteiger partial charge in [-0.05, 0) is 6.42 Å². The van der Waals surface area contributed by atoms with Crippen LogP contribution in [0.15, 0.2) is 17.1 Å². The zero-order valence-corrected chi connectivity index (χ0v) is 9.17. The molecule has 0 spiro atoms. The summed E-state index contributed by atoms with van der Waals surface area (Å²) in [7, 11) is 1.58. The predicted octanol–water partition coefficient (Wildman–Crippen LogP) is 2.07. The number of nitrogens with zero attached hydrogens (tertiary/aromatic N) is 1. The molecule has 0 bridgehead atoms. The number of halogens is 2. The SMILES string of the molecule is CCCOc1cc(NC)cn(C(F)F)c1=O. The van der Waals surface area contributed by atoms with E-state index in [1.165, 1.54) is 6.07 Å². The molecule has 1 N–H and O–H groups in total. The molecule has 0 aromatic carbocycles. The third-order valence-electron chi connectivity index (χ3n) is 1.97. The molecular formula is C10H14F2N2O2. The molecule has 0 unspecified atom stereocenters. The van der Waals surface area contributed by atoms with Crippen molar-refractivity contribution in [3.05, 3.63) is 22.6 Å². The van der Waals surface area contributed by atoms with Crippen molar-refractivity contribution >= 4 is 5.69 Å². The van der Waals surface area contributed by atoms with Crippen LogP contribution < -0.4 is 15.6 Å². The first-order chi connectivity index (χ1) is 7.60. The van der Waals surface area contributed by atoms with E-state index in [1.54, 1.807) is 7.05 Å². The number of pyridine rings is 1. The van der Waals surface area contributed by atoms with Crippen LogP contribution >= 0.6 is 0 Å². The maximum Gasteiger partial charge on any atom is 0.321 e. The summed E-state index contributed by atoms with van der Waals surface area (Å²) in [6.07, 6.45) is 1.77. The summed E-state index contributed by atoms with van der Waals surface area (Å²) in [6.45, 7) is -0.677. The highest BCUT2D eigenvalue weighted by atomic mass is 19.3. The van der Waals surface area contributed by atoms with Gasteiger partial charge in [-0.2, -0.15) is 8.78 Å². The van der Waals surface area contributed by atoms with Crippen molar-refractivity contribution in [2.45, 2.75) is 19.9 Å². The lowest BCUT2D eigenvalue weighted by Gasteiger charge is -2.11. The zero-order valence-electron chi connectivity index (χ0n) is 9.17. The number of anilines is 1. The van der Waals surface area contributed by atoms with Crippen molar-refractivity contribution < 1.29 is 13.5 Å². The van der Waals surface area contributed by atoms with Crippen LogP contribution in [-0.4, -0.2) is 18.2 Å². The highest BCUT2D eigenvalue weighted by Gasteiger charge is 2.13. The van der Waals surface area contributed by atoms with Gasteiger partial charge in [-0.3, -0.25) is 9.36 Å².